The van der Waals surface area contributed by atoms with E-state index in [1.807, 2.05) is 19.1 Å². The first-order valence-corrected chi connectivity index (χ1v) is 9.82. The van der Waals surface area contributed by atoms with E-state index in [1.54, 1.807) is 12.3 Å². The molecule has 29 heavy (non-hydrogen) atoms. The highest BCUT2D eigenvalue weighted by Gasteiger charge is 2.13. The number of H-pyrrole nitrogens is 1. The predicted molar refractivity (Wildman–Crippen MR) is 111 cm³/mol. The molecule has 0 unspecified atom stereocenters. The number of hydrogen-bond acceptors (Lipinski definition) is 9. The maximum Gasteiger partial charge on any atom is 0.412 e. The molecule has 0 saturated heterocycles. The minimum absolute atomic E-state index is 0.314. The van der Waals surface area contributed by atoms with Gasteiger partial charge in [0.05, 0.1) is 29.0 Å². The smallest absolute Gasteiger partial charge is 0.412 e. The normalized spacial score (nSPS) is 10.8. The lowest BCUT2D eigenvalue weighted by atomic mass is 10.2. The molecule has 0 aliphatic heterocycles. The molecule has 10 nitrogen and oxygen atoms in total. The van der Waals surface area contributed by atoms with Crippen LogP contribution in [0.3, 0.4) is 0 Å². The fraction of sp³-hybridized carbons (Fsp3) is 0.176. The Bertz CT molecular complexity index is 1160. The lowest BCUT2D eigenvalue weighted by Gasteiger charge is -2.05. The molecule has 4 aromatic rings. The first-order valence-electron chi connectivity index (χ1n) is 8.62. The summed E-state index contributed by atoms with van der Waals surface area (Å²) in [6.07, 6.45) is 3.17. The molecular weight excluding hydrogens is 416 g/mol. The number of nitrogens with one attached hydrogen (secondary N) is 3. The van der Waals surface area contributed by atoms with Crippen LogP contribution in [-0.4, -0.2) is 43.1 Å². The van der Waals surface area contributed by atoms with Crippen LogP contribution in [0.4, 0.5) is 21.4 Å². The van der Waals surface area contributed by atoms with Crippen LogP contribution in [-0.2, 0) is 4.74 Å². The van der Waals surface area contributed by atoms with Crippen molar-refractivity contribution in [2.45, 2.75) is 13.3 Å². The summed E-state index contributed by atoms with van der Waals surface area (Å²) < 4.78 is 4.98. The fourth-order valence-corrected chi connectivity index (χ4v) is 3.43. The van der Waals surface area contributed by atoms with Crippen LogP contribution < -0.4 is 10.6 Å². The molecule has 12 heteroatoms. The quantitative estimate of drug-likeness (QED) is 0.414. The highest BCUT2D eigenvalue weighted by atomic mass is 35.5. The van der Waals surface area contributed by atoms with E-state index in [9.17, 15) is 4.79 Å². The van der Waals surface area contributed by atoms with E-state index >= 15 is 0 Å². The van der Waals surface area contributed by atoms with Gasteiger partial charge in [0.25, 0.3) is 0 Å². The second kappa shape index (κ2) is 8.37. The molecule has 0 radical (unpaired) electrons. The zero-order valence-electron chi connectivity index (χ0n) is 15.1. The molecule has 0 bridgehead atoms. The van der Waals surface area contributed by atoms with Gasteiger partial charge in [0.2, 0.25) is 5.13 Å². The van der Waals surface area contributed by atoms with Crippen molar-refractivity contribution in [1.29, 1.82) is 0 Å². The second-order valence-electron chi connectivity index (χ2n) is 5.85. The number of nitrogens with zero attached hydrogens (tertiary/aromatic N) is 5. The van der Waals surface area contributed by atoms with Crippen molar-refractivity contribution in [3.05, 3.63) is 35.7 Å². The van der Waals surface area contributed by atoms with Gasteiger partial charge in [-0.3, -0.25) is 10.4 Å². The van der Waals surface area contributed by atoms with Gasteiger partial charge in [-0.25, -0.2) is 14.8 Å². The first-order chi connectivity index (χ1) is 14.1. The number of hydrogen-bond donors (Lipinski definition) is 3. The number of rotatable bonds is 6. The Morgan fingerprint density at radius 2 is 2.21 bits per heavy atom. The van der Waals surface area contributed by atoms with Crippen LogP contribution in [0, 0.1) is 0 Å². The van der Waals surface area contributed by atoms with Crippen LogP contribution >= 0.6 is 22.9 Å². The van der Waals surface area contributed by atoms with E-state index in [-0.39, 0.29) is 0 Å². The summed E-state index contributed by atoms with van der Waals surface area (Å²) >= 11 is 7.71. The summed E-state index contributed by atoms with van der Waals surface area (Å²) in [5, 5.41) is 23.3. The van der Waals surface area contributed by atoms with Crippen LogP contribution in [0.2, 0.25) is 5.02 Å². The third kappa shape index (κ3) is 4.25. The minimum atomic E-state index is -0.569. The molecule has 4 rings (SSSR count). The SMILES string of the molecule is CCCOC(=O)Nc1cc(-c2nnc(Nc3ccc4[nH]ncc4c3Cl)s2)ncn1. The molecule has 0 aliphatic carbocycles. The average Bonchev–Trinajstić information content (AvgIpc) is 3.39. The summed E-state index contributed by atoms with van der Waals surface area (Å²) in [5.74, 6) is 0.314. The first kappa shape index (κ1) is 19.0. The third-order valence-corrected chi connectivity index (χ3v) is 5.05. The largest absolute Gasteiger partial charge is 0.449 e. The van der Waals surface area contributed by atoms with Gasteiger partial charge in [0.15, 0.2) is 5.01 Å². The van der Waals surface area contributed by atoms with Crippen molar-refractivity contribution < 1.29 is 9.53 Å². The Morgan fingerprint density at radius 1 is 1.31 bits per heavy atom. The van der Waals surface area contributed by atoms with Crippen molar-refractivity contribution in [1.82, 2.24) is 30.4 Å². The number of ether oxygens (including phenoxy) is 1. The van der Waals surface area contributed by atoms with Gasteiger partial charge in [0, 0.05) is 11.5 Å². The summed E-state index contributed by atoms with van der Waals surface area (Å²) in [4.78, 5) is 19.9. The van der Waals surface area contributed by atoms with E-state index in [0.717, 1.165) is 17.3 Å². The van der Waals surface area contributed by atoms with Gasteiger partial charge in [-0.05, 0) is 18.6 Å². The average molecular weight is 431 g/mol. The second-order valence-corrected chi connectivity index (χ2v) is 7.20. The summed E-state index contributed by atoms with van der Waals surface area (Å²) in [7, 11) is 0. The van der Waals surface area contributed by atoms with E-state index < -0.39 is 6.09 Å². The number of amides is 1. The van der Waals surface area contributed by atoms with E-state index in [2.05, 4.69) is 41.0 Å². The Balaban J connectivity index is 1.50. The Morgan fingerprint density at radius 3 is 3.07 bits per heavy atom. The maximum absolute atomic E-state index is 11.7. The Labute approximate surface area is 173 Å². The Hall–Kier alpha value is -3.31. The highest BCUT2D eigenvalue weighted by molar-refractivity contribution is 7.18. The van der Waals surface area contributed by atoms with E-state index in [4.69, 9.17) is 16.3 Å². The standard InChI is InChI=1S/C17H15ClN8O2S/c1-2-5-28-17(27)23-13-6-12(19-8-20-13)15-25-26-16(29-15)22-11-4-3-10-9(14(11)18)7-21-24-10/h3-4,6-8H,2,5H2,1H3,(H,21,24)(H,22,26)(H,19,20,23,27). The molecule has 148 valence electrons. The summed E-state index contributed by atoms with van der Waals surface area (Å²) in [5.41, 5.74) is 2.05. The molecule has 1 aromatic carbocycles. The molecule has 3 N–H and O–H groups in total. The number of carbonyl (C=O) groups excluding carboxylic acids is 1. The molecule has 0 aliphatic rings. The van der Waals surface area contributed by atoms with Crippen molar-refractivity contribution in [2.24, 2.45) is 0 Å². The topological polar surface area (TPSA) is 131 Å². The molecule has 3 heterocycles. The molecule has 0 fully saturated rings. The number of halogens is 1. The molecule has 0 saturated carbocycles. The molecular formula is C17H15ClN8O2S. The van der Waals surface area contributed by atoms with Gasteiger partial charge in [-0.1, -0.05) is 29.9 Å². The zero-order chi connectivity index (χ0) is 20.2. The molecule has 1 amide bonds. The lowest BCUT2D eigenvalue weighted by Crippen LogP contribution is -2.15. The molecule has 3 aromatic heterocycles. The van der Waals surface area contributed by atoms with E-state index in [0.29, 0.717) is 39.0 Å². The van der Waals surface area contributed by atoms with Crippen molar-refractivity contribution in [2.75, 3.05) is 17.2 Å². The third-order valence-electron chi connectivity index (χ3n) is 3.78. The van der Waals surface area contributed by atoms with Crippen LogP contribution in [0.25, 0.3) is 21.6 Å². The predicted octanol–water partition coefficient (Wildman–Crippen LogP) is 4.23. The molecule has 0 atom stereocenters. The van der Waals surface area contributed by atoms with Gasteiger partial charge >= 0.3 is 6.09 Å². The number of benzene rings is 1. The maximum atomic E-state index is 11.7. The van der Waals surface area contributed by atoms with Crippen LogP contribution in [0.5, 0.6) is 0 Å². The summed E-state index contributed by atoms with van der Waals surface area (Å²) in [6, 6.07) is 5.30. The van der Waals surface area contributed by atoms with Crippen molar-refractivity contribution >= 4 is 56.6 Å². The van der Waals surface area contributed by atoms with Crippen molar-refractivity contribution in [3.63, 3.8) is 0 Å². The van der Waals surface area contributed by atoms with Gasteiger partial charge in [-0.15, -0.1) is 10.2 Å². The summed E-state index contributed by atoms with van der Waals surface area (Å²) in [6.45, 7) is 2.25. The highest BCUT2D eigenvalue weighted by Crippen LogP contribution is 2.34. The number of aromatic nitrogens is 6. The number of aromatic amines is 1. The van der Waals surface area contributed by atoms with Crippen LogP contribution in [0.1, 0.15) is 13.3 Å². The zero-order valence-corrected chi connectivity index (χ0v) is 16.7. The number of fused-ring (bicyclic) bond motifs is 1. The molecule has 0 spiro atoms. The minimum Gasteiger partial charge on any atom is -0.449 e. The Kier molecular flexibility index (Phi) is 5.49. The lowest BCUT2D eigenvalue weighted by molar-refractivity contribution is 0.161. The van der Waals surface area contributed by atoms with Gasteiger partial charge in [0.1, 0.15) is 17.8 Å². The van der Waals surface area contributed by atoms with Crippen LogP contribution in [0.15, 0.2) is 30.7 Å². The number of anilines is 3. The van der Waals surface area contributed by atoms with Gasteiger partial charge < -0.3 is 10.1 Å². The fourth-order valence-electron chi connectivity index (χ4n) is 2.45. The van der Waals surface area contributed by atoms with E-state index in [1.165, 1.54) is 17.7 Å². The van der Waals surface area contributed by atoms with Crippen molar-refractivity contribution in [3.8, 4) is 10.7 Å². The van der Waals surface area contributed by atoms with Gasteiger partial charge in [-0.2, -0.15) is 5.10 Å². The number of carbonyl (C=O) groups is 1. The monoisotopic (exact) mass is 430 g/mol.